The van der Waals surface area contributed by atoms with E-state index in [0.717, 1.165) is 48.3 Å². The highest BCUT2D eigenvalue weighted by Crippen LogP contribution is 2.32. The molecule has 0 fully saturated rings. The minimum atomic E-state index is 0.734. The van der Waals surface area contributed by atoms with Crippen LogP contribution in [0.1, 0.15) is 11.3 Å². The largest absolute Gasteiger partial charge is 0.490 e. The third-order valence-electron chi connectivity index (χ3n) is 3.29. The van der Waals surface area contributed by atoms with Crippen LogP contribution in [0, 0.1) is 0 Å². The van der Waals surface area contributed by atoms with Crippen molar-refractivity contribution in [3.05, 3.63) is 35.7 Å². The molecule has 2 N–H and O–H groups in total. The smallest absolute Gasteiger partial charge is 0.142 e. The first kappa shape index (κ1) is 11.2. The fraction of sp³-hybridized carbons (Fsp3) is 0.308. The number of ether oxygens (including phenoxy) is 1. The number of benzene rings is 1. The molecule has 6 heteroatoms. The van der Waals surface area contributed by atoms with Gasteiger partial charge in [-0.3, -0.25) is 0 Å². The minimum absolute atomic E-state index is 0.734. The number of hydrogen-bond acceptors (Lipinski definition) is 5. The summed E-state index contributed by atoms with van der Waals surface area (Å²) in [7, 11) is 0. The van der Waals surface area contributed by atoms with Gasteiger partial charge in [0.15, 0.2) is 0 Å². The van der Waals surface area contributed by atoms with Gasteiger partial charge in [-0.1, -0.05) is 0 Å². The topological polar surface area (TPSA) is 51.1 Å². The lowest BCUT2D eigenvalue weighted by atomic mass is 10.2. The highest BCUT2D eigenvalue weighted by atomic mass is 32.2. The molecule has 2 aromatic rings. The molecule has 0 amide bonds. The predicted molar refractivity (Wildman–Crippen MR) is 74.5 cm³/mol. The number of nitrogens with zero attached hydrogens (tertiary/aromatic N) is 2. The molecule has 3 heterocycles. The molecule has 19 heavy (non-hydrogen) atoms. The van der Waals surface area contributed by atoms with Crippen molar-refractivity contribution in [1.29, 1.82) is 0 Å². The Morgan fingerprint density at radius 3 is 3.26 bits per heavy atom. The van der Waals surface area contributed by atoms with Crippen LogP contribution in [0.15, 0.2) is 29.3 Å². The first-order valence-corrected chi connectivity index (χ1v) is 7.13. The van der Waals surface area contributed by atoms with Gasteiger partial charge in [-0.2, -0.15) is 5.10 Å². The minimum Gasteiger partial charge on any atom is -0.490 e. The molecule has 0 bridgehead atoms. The molecule has 2 aliphatic rings. The van der Waals surface area contributed by atoms with Gasteiger partial charge in [-0.15, -0.1) is 0 Å². The van der Waals surface area contributed by atoms with Crippen LogP contribution in [0.4, 0.5) is 5.69 Å². The summed E-state index contributed by atoms with van der Waals surface area (Å²) in [6.45, 7) is 3.40. The Kier molecular flexibility index (Phi) is 2.63. The molecular formula is C13H14N4OS. The van der Waals surface area contributed by atoms with E-state index in [-0.39, 0.29) is 0 Å². The molecule has 0 saturated carbocycles. The van der Waals surface area contributed by atoms with E-state index in [1.165, 1.54) is 5.56 Å². The van der Waals surface area contributed by atoms with Gasteiger partial charge in [-0.25, -0.2) is 4.09 Å². The van der Waals surface area contributed by atoms with Crippen molar-refractivity contribution in [2.45, 2.75) is 18.0 Å². The maximum atomic E-state index is 5.58. The Labute approximate surface area is 115 Å². The fourth-order valence-electron chi connectivity index (χ4n) is 2.36. The standard InChI is InChI=1S/C13H14N4OS/c1-2-13-11(15-3-4-18-13)5-10(1)19-17-8-9-6-14-7-12(9)16-17/h1-2,5,8,14-15H,3-4,6-7H2. The van der Waals surface area contributed by atoms with Crippen molar-refractivity contribution in [3.63, 3.8) is 0 Å². The summed E-state index contributed by atoms with van der Waals surface area (Å²) in [6, 6.07) is 6.20. The maximum absolute atomic E-state index is 5.58. The number of fused-ring (bicyclic) bond motifs is 2. The zero-order chi connectivity index (χ0) is 12.7. The van der Waals surface area contributed by atoms with Crippen LogP contribution in [0.5, 0.6) is 5.75 Å². The lowest BCUT2D eigenvalue weighted by Gasteiger charge is -2.19. The molecule has 0 aliphatic carbocycles. The zero-order valence-corrected chi connectivity index (χ0v) is 11.2. The van der Waals surface area contributed by atoms with Crippen LogP contribution in [0.2, 0.25) is 0 Å². The predicted octanol–water partition coefficient (Wildman–Crippen LogP) is 1.85. The fourth-order valence-corrected chi connectivity index (χ4v) is 3.20. The van der Waals surface area contributed by atoms with Crippen LogP contribution in [-0.4, -0.2) is 22.3 Å². The van der Waals surface area contributed by atoms with Gasteiger partial charge in [0.2, 0.25) is 0 Å². The average molecular weight is 274 g/mol. The molecule has 0 radical (unpaired) electrons. The van der Waals surface area contributed by atoms with Crippen LogP contribution in [0.25, 0.3) is 0 Å². The van der Waals surface area contributed by atoms with Crippen molar-refractivity contribution >= 4 is 17.6 Å². The van der Waals surface area contributed by atoms with E-state index < -0.39 is 0 Å². The molecule has 1 aromatic heterocycles. The first-order chi connectivity index (χ1) is 9.38. The van der Waals surface area contributed by atoms with E-state index in [1.807, 2.05) is 10.2 Å². The van der Waals surface area contributed by atoms with Gasteiger partial charge < -0.3 is 15.4 Å². The van der Waals surface area contributed by atoms with Crippen molar-refractivity contribution in [3.8, 4) is 5.75 Å². The van der Waals surface area contributed by atoms with Gasteiger partial charge in [0.05, 0.1) is 11.4 Å². The molecule has 5 nitrogen and oxygen atoms in total. The van der Waals surface area contributed by atoms with E-state index >= 15 is 0 Å². The van der Waals surface area contributed by atoms with Crippen LogP contribution in [-0.2, 0) is 13.1 Å². The number of anilines is 1. The first-order valence-electron chi connectivity index (χ1n) is 6.36. The van der Waals surface area contributed by atoms with Crippen molar-refractivity contribution in [1.82, 2.24) is 14.5 Å². The normalized spacial score (nSPS) is 16.4. The molecule has 4 rings (SSSR count). The summed E-state index contributed by atoms with van der Waals surface area (Å²) < 4.78 is 7.52. The second kappa shape index (κ2) is 4.47. The Hall–Kier alpha value is -1.66. The quantitative estimate of drug-likeness (QED) is 0.875. The number of rotatable bonds is 2. The monoisotopic (exact) mass is 274 g/mol. The second-order valence-corrected chi connectivity index (χ2v) is 5.66. The van der Waals surface area contributed by atoms with E-state index in [1.54, 1.807) is 11.9 Å². The van der Waals surface area contributed by atoms with E-state index in [2.05, 4.69) is 34.1 Å². The molecule has 2 aliphatic heterocycles. The lowest BCUT2D eigenvalue weighted by Crippen LogP contribution is -2.17. The van der Waals surface area contributed by atoms with E-state index in [9.17, 15) is 0 Å². The van der Waals surface area contributed by atoms with Crippen LogP contribution in [0.3, 0.4) is 0 Å². The van der Waals surface area contributed by atoms with E-state index in [4.69, 9.17) is 4.74 Å². The number of nitrogens with one attached hydrogen (secondary N) is 2. The summed E-state index contributed by atoms with van der Waals surface area (Å²) in [5.74, 6) is 0.933. The van der Waals surface area contributed by atoms with Crippen LogP contribution >= 0.6 is 11.9 Å². The third kappa shape index (κ3) is 2.06. The SMILES string of the molecule is c1cc2c(cc1Sn1cc3c(n1)CNC3)NCCO2. The summed E-state index contributed by atoms with van der Waals surface area (Å²) in [4.78, 5) is 1.16. The van der Waals surface area contributed by atoms with Crippen molar-refractivity contribution in [2.24, 2.45) is 0 Å². The zero-order valence-electron chi connectivity index (χ0n) is 10.3. The lowest BCUT2D eigenvalue weighted by molar-refractivity contribution is 0.323. The third-order valence-corrected chi connectivity index (χ3v) is 4.13. The van der Waals surface area contributed by atoms with Gasteiger partial charge in [0.1, 0.15) is 12.4 Å². The summed E-state index contributed by atoms with van der Waals surface area (Å²) in [5.41, 5.74) is 3.52. The summed E-state index contributed by atoms with van der Waals surface area (Å²) in [6.07, 6.45) is 2.10. The molecule has 1 aromatic carbocycles. The summed E-state index contributed by atoms with van der Waals surface area (Å²) in [5, 5.41) is 11.2. The average Bonchev–Trinajstić information content (AvgIpc) is 2.99. The second-order valence-electron chi connectivity index (χ2n) is 4.63. The molecular weight excluding hydrogens is 260 g/mol. The molecule has 0 spiro atoms. The highest BCUT2D eigenvalue weighted by molar-refractivity contribution is 7.97. The highest BCUT2D eigenvalue weighted by Gasteiger charge is 2.15. The Morgan fingerprint density at radius 2 is 2.32 bits per heavy atom. The number of aromatic nitrogens is 2. The van der Waals surface area contributed by atoms with Gasteiger partial charge in [0, 0.05) is 48.2 Å². The van der Waals surface area contributed by atoms with Crippen LogP contribution < -0.4 is 15.4 Å². The molecule has 0 atom stereocenters. The van der Waals surface area contributed by atoms with Gasteiger partial charge in [0.25, 0.3) is 0 Å². The Morgan fingerprint density at radius 1 is 1.32 bits per heavy atom. The van der Waals surface area contributed by atoms with E-state index in [0.29, 0.717) is 0 Å². The Bertz CT molecular complexity index is 604. The number of hydrogen-bond donors (Lipinski definition) is 2. The Balaban J connectivity index is 1.58. The van der Waals surface area contributed by atoms with Crippen molar-refractivity contribution in [2.75, 3.05) is 18.5 Å². The van der Waals surface area contributed by atoms with Gasteiger partial charge in [-0.05, 0) is 18.2 Å². The molecule has 0 saturated heterocycles. The maximum Gasteiger partial charge on any atom is 0.142 e. The van der Waals surface area contributed by atoms with Crippen molar-refractivity contribution < 1.29 is 4.74 Å². The van der Waals surface area contributed by atoms with Gasteiger partial charge >= 0.3 is 0 Å². The molecule has 0 unspecified atom stereocenters. The molecule has 98 valence electrons. The summed E-state index contributed by atoms with van der Waals surface area (Å²) >= 11 is 1.63.